The highest BCUT2D eigenvalue weighted by Gasteiger charge is 2.42. The lowest BCUT2D eigenvalue weighted by Gasteiger charge is -2.29. The first kappa shape index (κ1) is 21.7. The zero-order chi connectivity index (χ0) is 23.1. The molecule has 6 heteroatoms. The Labute approximate surface area is 204 Å². The zero-order valence-electron chi connectivity index (χ0n) is 18.8. The molecule has 2 aromatic heterocycles. The normalized spacial score (nSPS) is 17.9. The van der Waals surface area contributed by atoms with Crippen molar-refractivity contribution in [1.82, 2.24) is 14.9 Å². The Hall–Kier alpha value is -3.15. The van der Waals surface area contributed by atoms with Gasteiger partial charge in [0.1, 0.15) is 6.04 Å². The van der Waals surface area contributed by atoms with E-state index in [4.69, 9.17) is 23.8 Å². The maximum atomic E-state index is 6.31. The second kappa shape index (κ2) is 8.65. The van der Waals surface area contributed by atoms with Gasteiger partial charge in [0, 0.05) is 34.5 Å². The predicted molar refractivity (Wildman–Crippen MR) is 139 cm³/mol. The molecule has 0 bridgehead atoms. The molecule has 0 unspecified atom stereocenters. The van der Waals surface area contributed by atoms with Crippen molar-refractivity contribution in [2.75, 3.05) is 4.90 Å². The maximum Gasteiger partial charge on any atom is 0.174 e. The number of nitrogens with zero attached hydrogens (tertiary/aromatic N) is 3. The number of halogens is 1. The summed E-state index contributed by atoms with van der Waals surface area (Å²) in [4.78, 5) is 6.90. The van der Waals surface area contributed by atoms with Crippen LogP contribution in [0.3, 0.4) is 0 Å². The summed E-state index contributed by atoms with van der Waals surface area (Å²) in [6, 6.07) is 22.7. The van der Waals surface area contributed by atoms with Crippen LogP contribution in [0.15, 0.2) is 79.1 Å². The van der Waals surface area contributed by atoms with Crippen molar-refractivity contribution in [3.63, 3.8) is 0 Å². The van der Waals surface area contributed by atoms with Gasteiger partial charge in [0.2, 0.25) is 0 Å². The van der Waals surface area contributed by atoms with Crippen molar-refractivity contribution in [2.45, 2.75) is 32.9 Å². The monoisotopic (exact) mass is 472 g/mol. The first-order valence-corrected chi connectivity index (χ1v) is 11.7. The lowest BCUT2D eigenvalue weighted by atomic mass is 10.00. The molecule has 1 saturated heterocycles. The van der Waals surface area contributed by atoms with Crippen molar-refractivity contribution in [3.05, 3.63) is 112 Å². The number of hydrogen-bond acceptors (Lipinski definition) is 2. The number of aryl methyl sites for hydroxylation is 3. The van der Waals surface area contributed by atoms with Crippen LogP contribution in [-0.2, 0) is 0 Å². The summed E-state index contributed by atoms with van der Waals surface area (Å²) < 4.78 is 2.22. The Morgan fingerprint density at radius 3 is 2.39 bits per heavy atom. The molecule has 1 N–H and O–H groups in total. The summed E-state index contributed by atoms with van der Waals surface area (Å²) >= 11 is 12.2. The number of rotatable bonds is 4. The van der Waals surface area contributed by atoms with Crippen molar-refractivity contribution < 1.29 is 0 Å². The molecule has 2 atom stereocenters. The summed E-state index contributed by atoms with van der Waals surface area (Å²) in [5.41, 5.74) is 7.67. The Balaban J connectivity index is 1.69. The molecule has 2 aromatic carbocycles. The number of aromatic nitrogens is 2. The summed E-state index contributed by atoms with van der Waals surface area (Å²) in [6.07, 6.45) is 3.92. The van der Waals surface area contributed by atoms with E-state index in [1.54, 1.807) is 0 Å². The minimum absolute atomic E-state index is 0.0837. The average molecular weight is 473 g/mol. The molecule has 1 aliphatic heterocycles. The van der Waals surface area contributed by atoms with Crippen LogP contribution in [0.5, 0.6) is 0 Å². The van der Waals surface area contributed by atoms with Crippen molar-refractivity contribution in [2.24, 2.45) is 0 Å². The van der Waals surface area contributed by atoms with Crippen LogP contribution in [0, 0.1) is 20.8 Å². The number of pyridine rings is 1. The fourth-order valence-corrected chi connectivity index (χ4v) is 5.14. The van der Waals surface area contributed by atoms with Crippen molar-refractivity contribution in [3.8, 4) is 5.69 Å². The van der Waals surface area contributed by atoms with E-state index >= 15 is 0 Å². The first-order chi connectivity index (χ1) is 15.9. The van der Waals surface area contributed by atoms with Gasteiger partial charge in [0.25, 0.3) is 0 Å². The first-order valence-electron chi connectivity index (χ1n) is 10.9. The number of thiocarbonyl (C=S) groups is 1. The van der Waals surface area contributed by atoms with Crippen molar-refractivity contribution in [1.29, 1.82) is 0 Å². The molecule has 0 saturated carbocycles. The van der Waals surface area contributed by atoms with E-state index in [9.17, 15) is 0 Å². The minimum Gasteiger partial charge on any atom is -0.351 e. The lowest BCUT2D eigenvalue weighted by Crippen LogP contribution is -2.30. The Bertz CT molecular complexity index is 1310. The van der Waals surface area contributed by atoms with Gasteiger partial charge < -0.3 is 14.8 Å². The zero-order valence-corrected chi connectivity index (χ0v) is 20.4. The van der Waals surface area contributed by atoms with Gasteiger partial charge in [-0.2, -0.15) is 0 Å². The fourth-order valence-electron chi connectivity index (χ4n) is 4.67. The molecule has 1 fully saturated rings. The molecule has 33 heavy (non-hydrogen) atoms. The van der Waals surface area contributed by atoms with E-state index in [0.29, 0.717) is 5.11 Å². The SMILES string of the molecule is Cc1cc(C)cc(N2C(=S)N[C@@H](c3ccccn3)[C@@H]2c2cccn2-c2ccc(Cl)c(C)c2)c1. The topological polar surface area (TPSA) is 33.1 Å². The third-order valence-electron chi connectivity index (χ3n) is 6.09. The predicted octanol–water partition coefficient (Wildman–Crippen LogP) is 6.63. The van der Waals surface area contributed by atoms with Gasteiger partial charge in [-0.3, -0.25) is 4.98 Å². The van der Waals surface area contributed by atoms with E-state index in [1.165, 1.54) is 11.1 Å². The number of nitrogens with one attached hydrogen (secondary N) is 1. The molecule has 1 aliphatic rings. The molecule has 5 rings (SSSR count). The van der Waals surface area contributed by atoms with Gasteiger partial charge in [0.05, 0.1) is 11.7 Å². The van der Waals surface area contributed by atoms with E-state index in [-0.39, 0.29) is 12.1 Å². The third-order valence-corrected chi connectivity index (χ3v) is 6.82. The minimum atomic E-state index is -0.0958. The lowest BCUT2D eigenvalue weighted by molar-refractivity contribution is 0.549. The number of hydrogen-bond donors (Lipinski definition) is 1. The van der Waals surface area contributed by atoms with Gasteiger partial charge >= 0.3 is 0 Å². The summed E-state index contributed by atoms with van der Waals surface area (Å²) in [6.45, 7) is 6.26. The molecule has 0 spiro atoms. The molecule has 4 nitrogen and oxygen atoms in total. The van der Waals surface area contributed by atoms with Gasteiger partial charge in [-0.05, 0) is 104 Å². The van der Waals surface area contributed by atoms with Crippen LogP contribution in [0.1, 0.15) is 40.2 Å². The van der Waals surface area contributed by atoms with E-state index in [1.807, 2.05) is 31.3 Å². The summed E-state index contributed by atoms with van der Waals surface area (Å²) in [5.74, 6) is 0. The van der Waals surface area contributed by atoms with E-state index in [2.05, 4.69) is 88.3 Å². The Morgan fingerprint density at radius 1 is 0.909 bits per heavy atom. The molecule has 0 amide bonds. The van der Waals surface area contributed by atoms with Gasteiger partial charge in [0.15, 0.2) is 5.11 Å². The molecule has 0 aliphatic carbocycles. The van der Waals surface area contributed by atoms with Crippen molar-refractivity contribution >= 4 is 34.6 Å². The molecular weight excluding hydrogens is 448 g/mol. The Kier molecular flexibility index (Phi) is 5.69. The average Bonchev–Trinajstić information content (AvgIpc) is 3.40. The Morgan fingerprint density at radius 2 is 1.70 bits per heavy atom. The maximum absolute atomic E-state index is 6.31. The summed E-state index contributed by atoms with van der Waals surface area (Å²) in [5, 5.41) is 5.01. The van der Waals surface area contributed by atoms with Crippen LogP contribution < -0.4 is 10.2 Å². The largest absolute Gasteiger partial charge is 0.351 e. The molecule has 0 radical (unpaired) electrons. The van der Waals surface area contributed by atoms with Crippen LogP contribution in [-0.4, -0.2) is 14.7 Å². The van der Waals surface area contributed by atoms with E-state index in [0.717, 1.165) is 33.3 Å². The molecular formula is C27H25ClN4S. The number of benzene rings is 2. The smallest absolute Gasteiger partial charge is 0.174 e. The molecule has 3 heterocycles. The molecule has 4 aromatic rings. The van der Waals surface area contributed by atoms with Crippen LogP contribution >= 0.6 is 23.8 Å². The quantitative estimate of drug-likeness (QED) is 0.338. The third kappa shape index (κ3) is 4.03. The van der Waals surface area contributed by atoms with Crippen LogP contribution in [0.2, 0.25) is 5.02 Å². The van der Waals surface area contributed by atoms with Crippen LogP contribution in [0.4, 0.5) is 5.69 Å². The summed E-state index contributed by atoms with van der Waals surface area (Å²) in [7, 11) is 0. The van der Waals surface area contributed by atoms with Gasteiger partial charge in [-0.15, -0.1) is 0 Å². The van der Waals surface area contributed by atoms with Gasteiger partial charge in [-0.25, -0.2) is 0 Å². The highest BCUT2D eigenvalue weighted by Crippen LogP contribution is 2.42. The van der Waals surface area contributed by atoms with Gasteiger partial charge in [-0.1, -0.05) is 23.7 Å². The molecule has 166 valence electrons. The van der Waals surface area contributed by atoms with Crippen LogP contribution in [0.25, 0.3) is 5.69 Å². The fraction of sp³-hybridized carbons (Fsp3) is 0.185. The van der Waals surface area contributed by atoms with E-state index < -0.39 is 0 Å². The second-order valence-corrected chi connectivity index (χ2v) is 9.37. The standard InChI is InChI=1S/C27H25ClN4S/c1-17-13-18(2)15-21(14-17)32-26(25(30-27(32)33)23-7-4-5-11-29-23)24-8-6-12-31(24)20-9-10-22(28)19(3)16-20/h4-16,25-26H,1-3H3,(H,30,33)/t25-,26-/m0/s1. The highest BCUT2D eigenvalue weighted by atomic mass is 35.5. The number of anilines is 1. The second-order valence-electron chi connectivity index (χ2n) is 8.58. The highest BCUT2D eigenvalue weighted by molar-refractivity contribution is 7.80.